The molecule has 4 rings (SSSR count). The SMILES string of the molecule is CC1(C)Cc2c(sc3nc(CC(N)=O)n(Cc4ccccc4)c(=O)c23)CO1. The monoisotopic (exact) mass is 383 g/mol. The molecule has 1 amide bonds. The molecule has 140 valence electrons. The van der Waals surface area contributed by atoms with E-state index in [1.807, 2.05) is 44.2 Å². The quantitative estimate of drug-likeness (QED) is 0.749. The smallest absolute Gasteiger partial charge is 0.262 e. The van der Waals surface area contributed by atoms with Gasteiger partial charge in [-0.3, -0.25) is 14.2 Å². The van der Waals surface area contributed by atoms with Gasteiger partial charge in [0.1, 0.15) is 10.7 Å². The standard InChI is InChI=1S/C20H21N3O3S/c1-20(2)9-13-14(11-26-20)27-18-17(13)19(25)23(16(22-18)8-15(21)24)10-12-6-4-3-5-7-12/h3-7H,8-11H2,1-2H3,(H2,21,24). The van der Waals surface area contributed by atoms with E-state index < -0.39 is 5.91 Å². The van der Waals surface area contributed by atoms with E-state index in [1.54, 1.807) is 4.57 Å². The average Bonchev–Trinajstić information content (AvgIpc) is 2.95. The first-order valence-corrected chi connectivity index (χ1v) is 9.66. The summed E-state index contributed by atoms with van der Waals surface area (Å²) < 4.78 is 7.46. The minimum absolute atomic E-state index is 0.0669. The second kappa shape index (κ2) is 6.58. The molecule has 7 heteroatoms. The van der Waals surface area contributed by atoms with Crippen LogP contribution in [-0.4, -0.2) is 21.1 Å². The fourth-order valence-corrected chi connectivity index (χ4v) is 4.60. The zero-order valence-corrected chi connectivity index (χ0v) is 16.1. The summed E-state index contributed by atoms with van der Waals surface area (Å²) in [5, 5.41) is 0.649. The van der Waals surface area contributed by atoms with Crippen molar-refractivity contribution in [2.45, 2.75) is 45.4 Å². The molecule has 2 aromatic heterocycles. The van der Waals surface area contributed by atoms with Crippen LogP contribution in [0.5, 0.6) is 0 Å². The molecule has 0 atom stereocenters. The molecule has 1 aromatic carbocycles. The van der Waals surface area contributed by atoms with Crippen LogP contribution in [-0.2, 0) is 35.5 Å². The molecule has 1 aliphatic heterocycles. The van der Waals surface area contributed by atoms with Gasteiger partial charge in [-0.25, -0.2) is 4.98 Å². The number of rotatable bonds is 4. The van der Waals surface area contributed by atoms with Crippen molar-refractivity contribution in [1.82, 2.24) is 9.55 Å². The maximum atomic E-state index is 13.4. The third kappa shape index (κ3) is 3.40. The molecule has 6 nitrogen and oxygen atoms in total. The summed E-state index contributed by atoms with van der Waals surface area (Å²) in [6, 6.07) is 9.67. The second-order valence-corrected chi connectivity index (χ2v) is 8.54. The van der Waals surface area contributed by atoms with Crippen molar-refractivity contribution in [3.63, 3.8) is 0 Å². The minimum Gasteiger partial charge on any atom is -0.370 e. The van der Waals surface area contributed by atoms with Gasteiger partial charge in [0, 0.05) is 11.3 Å². The second-order valence-electron chi connectivity index (χ2n) is 7.46. The molecular weight excluding hydrogens is 362 g/mol. The number of primary amides is 1. The summed E-state index contributed by atoms with van der Waals surface area (Å²) in [5.74, 6) is -0.100. The topological polar surface area (TPSA) is 87.2 Å². The van der Waals surface area contributed by atoms with Crippen molar-refractivity contribution in [2.24, 2.45) is 5.73 Å². The summed E-state index contributed by atoms with van der Waals surface area (Å²) in [7, 11) is 0. The molecule has 2 N–H and O–H groups in total. The zero-order valence-electron chi connectivity index (χ0n) is 15.3. The van der Waals surface area contributed by atoms with Crippen LogP contribution < -0.4 is 11.3 Å². The van der Waals surface area contributed by atoms with Gasteiger partial charge in [0.15, 0.2) is 0 Å². The summed E-state index contributed by atoms with van der Waals surface area (Å²) in [4.78, 5) is 31.3. The van der Waals surface area contributed by atoms with E-state index in [4.69, 9.17) is 10.5 Å². The fraction of sp³-hybridized carbons (Fsp3) is 0.350. The largest absolute Gasteiger partial charge is 0.370 e. The number of amides is 1. The molecular formula is C20H21N3O3S. The molecule has 0 radical (unpaired) electrons. The van der Waals surface area contributed by atoms with Gasteiger partial charge >= 0.3 is 0 Å². The number of carbonyl (C=O) groups is 1. The average molecular weight is 383 g/mol. The van der Waals surface area contributed by atoms with Crippen LogP contribution >= 0.6 is 11.3 Å². The third-order valence-electron chi connectivity index (χ3n) is 4.79. The Kier molecular flexibility index (Phi) is 4.36. The number of nitrogens with two attached hydrogens (primary N) is 1. The number of fused-ring (bicyclic) bond motifs is 3. The number of carbonyl (C=O) groups excluding carboxylic acids is 1. The highest BCUT2D eigenvalue weighted by atomic mass is 32.1. The Hall–Kier alpha value is -2.51. The maximum Gasteiger partial charge on any atom is 0.262 e. The van der Waals surface area contributed by atoms with Gasteiger partial charge in [0.25, 0.3) is 5.56 Å². The summed E-state index contributed by atoms with van der Waals surface area (Å²) in [5.41, 5.74) is 6.97. The summed E-state index contributed by atoms with van der Waals surface area (Å²) >= 11 is 1.47. The summed E-state index contributed by atoms with van der Waals surface area (Å²) in [6.07, 6.45) is 0.600. The van der Waals surface area contributed by atoms with Crippen LogP contribution in [0.15, 0.2) is 35.1 Å². The number of hydrogen-bond donors (Lipinski definition) is 1. The van der Waals surface area contributed by atoms with Gasteiger partial charge in [-0.2, -0.15) is 0 Å². The van der Waals surface area contributed by atoms with E-state index in [9.17, 15) is 9.59 Å². The van der Waals surface area contributed by atoms with Gasteiger partial charge in [-0.05, 0) is 25.0 Å². The molecule has 0 aliphatic carbocycles. The number of aromatic nitrogens is 2. The lowest BCUT2D eigenvalue weighted by molar-refractivity contribution is -0.117. The van der Waals surface area contributed by atoms with Gasteiger partial charge in [-0.1, -0.05) is 30.3 Å². The first-order chi connectivity index (χ1) is 12.8. The van der Waals surface area contributed by atoms with E-state index >= 15 is 0 Å². The highest BCUT2D eigenvalue weighted by Gasteiger charge is 2.31. The van der Waals surface area contributed by atoms with Crippen molar-refractivity contribution in [3.05, 3.63) is 62.5 Å². The van der Waals surface area contributed by atoms with Crippen molar-refractivity contribution >= 4 is 27.5 Å². The minimum atomic E-state index is -0.506. The van der Waals surface area contributed by atoms with Crippen LogP contribution in [0.1, 0.15) is 35.7 Å². The lowest BCUT2D eigenvalue weighted by Gasteiger charge is -2.29. The Balaban J connectivity index is 1.92. The van der Waals surface area contributed by atoms with E-state index in [0.29, 0.717) is 35.6 Å². The first kappa shape index (κ1) is 17.9. The third-order valence-corrected chi connectivity index (χ3v) is 5.89. The van der Waals surface area contributed by atoms with Gasteiger partial charge in [0.2, 0.25) is 5.91 Å². The highest BCUT2D eigenvalue weighted by Crippen LogP contribution is 2.37. The Morgan fingerprint density at radius 3 is 2.78 bits per heavy atom. The Morgan fingerprint density at radius 1 is 1.33 bits per heavy atom. The number of benzene rings is 1. The van der Waals surface area contributed by atoms with Crippen molar-refractivity contribution in [1.29, 1.82) is 0 Å². The molecule has 27 heavy (non-hydrogen) atoms. The summed E-state index contributed by atoms with van der Waals surface area (Å²) in [6.45, 7) is 4.88. The lowest BCUT2D eigenvalue weighted by atomic mass is 9.94. The van der Waals surface area contributed by atoms with Crippen molar-refractivity contribution in [3.8, 4) is 0 Å². The molecule has 0 spiro atoms. The fourth-order valence-electron chi connectivity index (χ4n) is 3.49. The normalized spacial score (nSPS) is 15.6. The molecule has 3 aromatic rings. The maximum absolute atomic E-state index is 13.4. The molecule has 3 heterocycles. The van der Waals surface area contributed by atoms with Gasteiger partial charge in [-0.15, -0.1) is 11.3 Å². The van der Waals surface area contributed by atoms with Crippen molar-refractivity contribution in [2.75, 3.05) is 0 Å². The van der Waals surface area contributed by atoms with E-state index in [2.05, 4.69) is 4.98 Å². The lowest BCUT2D eigenvalue weighted by Crippen LogP contribution is -2.33. The van der Waals surface area contributed by atoms with Crippen LogP contribution in [0.25, 0.3) is 10.2 Å². The number of ether oxygens (including phenoxy) is 1. The molecule has 0 bridgehead atoms. The number of nitrogens with zero attached hydrogens (tertiary/aromatic N) is 2. The number of thiophene rings is 1. The Bertz CT molecular complexity index is 1080. The predicted molar refractivity (Wildman–Crippen MR) is 105 cm³/mol. The van der Waals surface area contributed by atoms with Gasteiger partial charge < -0.3 is 10.5 Å². The van der Waals surface area contributed by atoms with Crippen LogP contribution in [0.3, 0.4) is 0 Å². The Morgan fingerprint density at radius 2 is 2.07 bits per heavy atom. The molecule has 0 saturated heterocycles. The molecule has 0 saturated carbocycles. The van der Waals surface area contributed by atoms with Crippen LogP contribution in [0, 0.1) is 0 Å². The van der Waals surface area contributed by atoms with Gasteiger partial charge in [0.05, 0.1) is 30.6 Å². The molecule has 0 fully saturated rings. The van der Waals surface area contributed by atoms with E-state index in [1.165, 1.54) is 11.3 Å². The first-order valence-electron chi connectivity index (χ1n) is 8.84. The van der Waals surface area contributed by atoms with Crippen LogP contribution in [0.2, 0.25) is 0 Å². The highest BCUT2D eigenvalue weighted by molar-refractivity contribution is 7.18. The van der Waals surface area contributed by atoms with Crippen molar-refractivity contribution < 1.29 is 9.53 Å². The van der Waals surface area contributed by atoms with E-state index in [-0.39, 0.29) is 17.6 Å². The zero-order chi connectivity index (χ0) is 19.2. The molecule has 0 unspecified atom stereocenters. The van der Waals surface area contributed by atoms with E-state index in [0.717, 1.165) is 16.0 Å². The predicted octanol–water partition coefficient (Wildman–Crippen LogP) is 2.39. The van der Waals surface area contributed by atoms with Crippen LogP contribution in [0.4, 0.5) is 0 Å². The number of hydrogen-bond acceptors (Lipinski definition) is 5. The Labute approximate surface area is 160 Å². The molecule has 1 aliphatic rings.